The minimum absolute atomic E-state index is 0.671. The molecular weight excluding hydrogens is 332 g/mol. The number of ether oxygens (including phenoxy) is 1. The van der Waals surface area contributed by atoms with Crippen LogP contribution in [0.2, 0.25) is 0 Å². The Labute approximate surface area is 155 Å². The number of thioether (sulfide) groups is 1. The molecular formula is C19H30N4OS. The number of methoxy groups -OCH3 is 1. The third kappa shape index (κ3) is 5.54. The number of guanidine groups is 1. The Kier molecular flexibility index (Phi) is 6.87. The highest BCUT2D eigenvalue weighted by atomic mass is 32.2. The minimum Gasteiger partial charge on any atom is -0.497 e. The molecule has 0 bridgehead atoms. The van der Waals surface area contributed by atoms with Crippen LogP contribution in [-0.2, 0) is 6.54 Å². The molecule has 1 aromatic rings. The van der Waals surface area contributed by atoms with E-state index in [1.165, 1.54) is 29.9 Å². The van der Waals surface area contributed by atoms with Gasteiger partial charge in [-0.2, -0.15) is 11.8 Å². The number of likely N-dealkylation sites (tertiary alicyclic amines) is 1. The molecule has 1 aromatic carbocycles. The normalized spacial score (nSPS) is 20.7. The monoisotopic (exact) mass is 362 g/mol. The zero-order valence-corrected chi connectivity index (χ0v) is 16.0. The first-order valence-corrected chi connectivity index (χ1v) is 10.4. The van der Waals surface area contributed by atoms with Crippen molar-refractivity contribution in [1.82, 2.24) is 9.80 Å². The van der Waals surface area contributed by atoms with Crippen molar-refractivity contribution in [3.8, 4) is 5.75 Å². The summed E-state index contributed by atoms with van der Waals surface area (Å²) in [6.45, 7) is 6.28. The molecule has 2 saturated heterocycles. The number of nitrogens with zero attached hydrogens (tertiary/aromatic N) is 3. The highest BCUT2D eigenvalue weighted by Gasteiger charge is 2.20. The Bertz CT molecular complexity index is 549. The lowest BCUT2D eigenvalue weighted by atomic mass is 9.96. The van der Waals surface area contributed by atoms with Crippen LogP contribution in [-0.4, -0.2) is 67.1 Å². The number of nitrogens with two attached hydrogens (primary N) is 1. The maximum absolute atomic E-state index is 6.16. The van der Waals surface area contributed by atoms with Crippen LogP contribution in [0.3, 0.4) is 0 Å². The van der Waals surface area contributed by atoms with Crippen molar-refractivity contribution < 1.29 is 4.74 Å². The zero-order chi connectivity index (χ0) is 17.5. The summed E-state index contributed by atoms with van der Waals surface area (Å²) >= 11 is 2.00. The number of hydrogen-bond donors (Lipinski definition) is 1. The number of aliphatic imine (C=N–C) groups is 1. The molecule has 0 saturated carbocycles. The molecule has 0 radical (unpaired) electrons. The van der Waals surface area contributed by atoms with Gasteiger partial charge < -0.3 is 15.4 Å². The molecule has 0 aromatic heterocycles. The number of rotatable bonds is 5. The summed E-state index contributed by atoms with van der Waals surface area (Å²) in [5.74, 6) is 4.68. The van der Waals surface area contributed by atoms with E-state index in [-0.39, 0.29) is 0 Å². The smallest absolute Gasteiger partial charge is 0.191 e. The predicted molar refractivity (Wildman–Crippen MR) is 106 cm³/mol. The number of benzene rings is 1. The van der Waals surface area contributed by atoms with Gasteiger partial charge in [-0.25, -0.2) is 0 Å². The van der Waals surface area contributed by atoms with Gasteiger partial charge in [-0.3, -0.25) is 9.89 Å². The fourth-order valence-electron chi connectivity index (χ4n) is 3.43. The first-order chi connectivity index (χ1) is 12.2. The van der Waals surface area contributed by atoms with E-state index >= 15 is 0 Å². The van der Waals surface area contributed by atoms with E-state index in [1.54, 1.807) is 7.11 Å². The molecule has 3 rings (SSSR count). The van der Waals surface area contributed by atoms with E-state index in [2.05, 4.69) is 26.9 Å². The minimum atomic E-state index is 0.671. The molecule has 0 amide bonds. The summed E-state index contributed by atoms with van der Waals surface area (Å²) in [4.78, 5) is 9.44. The summed E-state index contributed by atoms with van der Waals surface area (Å²) in [5.41, 5.74) is 7.52. The van der Waals surface area contributed by atoms with Crippen molar-refractivity contribution >= 4 is 17.7 Å². The van der Waals surface area contributed by atoms with E-state index in [0.717, 1.165) is 51.0 Å². The van der Waals surface area contributed by atoms with Crippen molar-refractivity contribution in [3.63, 3.8) is 0 Å². The van der Waals surface area contributed by atoms with E-state index < -0.39 is 0 Å². The van der Waals surface area contributed by atoms with Gasteiger partial charge in [0, 0.05) is 37.7 Å². The van der Waals surface area contributed by atoms with Gasteiger partial charge in [0.25, 0.3) is 0 Å². The van der Waals surface area contributed by atoms with E-state index in [4.69, 9.17) is 10.5 Å². The predicted octanol–water partition coefficient (Wildman–Crippen LogP) is 2.27. The summed E-state index contributed by atoms with van der Waals surface area (Å²) in [6, 6.07) is 8.40. The summed E-state index contributed by atoms with van der Waals surface area (Å²) < 4.78 is 5.22. The van der Waals surface area contributed by atoms with Gasteiger partial charge in [0.2, 0.25) is 0 Å². The standard InChI is InChI=1S/C19H30N4OS/c1-24-18-4-2-17(3-5-18)15-22-8-6-16(7-9-22)14-21-19(20)23-10-12-25-13-11-23/h2-5,16H,6-15H2,1H3,(H2,20,21). The van der Waals surface area contributed by atoms with Gasteiger partial charge in [0.15, 0.2) is 5.96 Å². The lowest BCUT2D eigenvalue weighted by molar-refractivity contribution is 0.180. The highest BCUT2D eigenvalue weighted by Crippen LogP contribution is 2.20. The topological polar surface area (TPSA) is 54.1 Å². The molecule has 0 spiro atoms. The van der Waals surface area contributed by atoms with Gasteiger partial charge in [-0.15, -0.1) is 0 Å². The SMILES string of the molecule is COc1ccc(CN2CCC(CN=C(N)N3CCSCC3)CC2)cc1. The lowest BCUT2D eigenvalue weighted by Gasteiger charge is -2.32. The quantitative estimate of drug-likeness (QED) is 0.643. The highest BCUT2D eigenvalue weighted by molar-refractivity contribution is 7.99. The Morgan fingerprint density at radius 3 is 2.48 bits per heavy atom. The van der Waals surface area contributed by atoms with E-state index in [1.807, 2.05) is 23.9 Å². The van der Waals surface area contributed by atoms with E-state index in [0.29, 0.717) is 5.92 Å². The molecule has 0 aliphatic carbocycles. The average molecular weight is 363 g/mol. The maximum Gasteiger partial charge on any atom is 0.191 e. The molecule has 2 aliphatic rings. The van der Waals surface area contributed by atoms with Crippen molar-refractivity contribution in [2.24, 2.45) is 16.6 Å². The van der Waals surface area contributed by atoms with Crippen LogP contribution in [0.4, 0.5) is 0 Å². The molecule has 25 heavy (non-hydrogen) atoms. The molecule has 0 atom stereocenters. The van der Waals surface area contributed by atoms with Gasteiger partial charge in [0.05, 0.1) is 7.11 Å². The Morgan fingerprint density at radius 2 is 1.84 bits per heavy atom. The zero-order valence-electron chi connectivity index (χ0n) is 15.2. The Morgan fingerprint density at radius 1 is 1.16 bits per heavy atom. The number of hydrogen-bond acceptors (Lipinski definition) is 4. The van der Waals surface area contributed by atoms with Crippen LogP contribution in [0.5, 0.6) is 5.75 Å². The molecule has 2 heterocycles. The van der Waals surface area contributed by atoms with E-state index in [9.17, 15) is 0 Å². The molecule has 5 nitrogen and oxygen atoms in total. The van der Waals surface area contributed by atoms with Crippen molar-refractivity contribution in [2.75, 3.05) is 51.3 Å². The molecule has 0 unspecified atom stereocenters. The second kappa shape index (κ2) is 9.34. The van der Waals surface area contributed by atoms with Crippen LogP contribution < -0.4 is 10.5 Å². The molecule has 6 heteroatoms. The molecule has 2 N–H and O–H groups in total. The second-order valence-electron chi connectivity index (χ2n) is 6.87. The first kappa shape index (κ1) is 18.4. The van der Waals surface area contributed by atoms with Crippen LogP contribution in [0.25, 0.3) is 0 Å². The fourth-order valence-corrected chi connectivity index (χ4v) is 4.33. The largest absolute Gasteiger partial charge is 0.497 e. The Hall–Kier alpha value is -1.40. The summed E-state index contributed by atoms with van der Waals surface area (Å²) in [7, 11) is 1.71. The Balaban J connectivity index is 1.40. The molecule has 2 fully saturated rings. The van der Waals surface area contributed by atoms with Crippen molar-refractivity contribution in [1.29, 1.82) is 0 Å². The van der Waals surface area contributed by atoms with Gasteiger partial charge >= 0.3 is 0 Å². The summed E-state index contributed by atoms with van der Waals surface area (Å²) in [6.07, 6.45) is 2.42. The molecule has 138 valence electrons. The lowest BCUT2D eigenvalue weighted by Crippen LogP contribution is -2.43. The van der Waals surface area contributed by atoms with Crippen LogP contribution in [0.1, 0.15) is 18.4 Å². The van der Waals surface area contributed by atoms with Crippen molar-refractivity contribution in [3.05, 3.63) is 29.8 Å². The third-order valence-corrected chi connectivity index (χ3v) is 6.06. The third-order valence-electron chi connectivity index (χ3n) is 5.12. The molecule has 2 aliphatic heterocycles. The van der Waals surface area contributed by atoms with Crippen molar-refractivity contribution in [2.45, 2.75) is 19.4 Å². The van der Waals surface area contributed by atoms with Crippen LogP contribution >= 0.6 is 11.8 Å². The summed E-state index contributed by atoms with van der Waals surface area (Å²) in [5, 5.41) is 0. The fraction of sp³-hybridized carbons (Fsp3) is 0.632. The van der Waals surface area contributed by atoms with Crippen LogP contribution in [0, 0.1) is 5.92 Å². The first-order valence-electron chi connectivity index (χ1n) is 9.22. The van der Waals surface area contributed by atoms with Gasteiger partial charge in [-0.1, -0.05) is 12.1 Å². The van der Waals surface area contributed by atoms with Crippen LogP contribution in [0.15, 0.2) is 29.3 Å². The maximum atomic E-state index is 6.16. The van der Waals surface area contributed by atoms with Gasteiger partial charge in [-0.05, 0) is 49.5 Å². The average Bonchev–Trinajstić information content (AvgIpc) is 2.68. The van der Waals surface area contributed by atoms with Gasteiger partial charge in [0.1, 0.15) is 5.75 Å². The second-order valence-corrected chi connectivity index (χ2v) is 8.09. The number of piperidine rings is 1.